The summed E-state index contributed by atoms with van der Waals surface area (Å²) in [5.74, 6) is 2.56. The zero-order chi connectivity index (χ0) is 20.6. The van der Waals surface area contributed by atoms with Gasteiger partial charge in [-0.2, -0.15) is 0 Å². The first-order chi connectivity index (χ1) is 13.3. The molecule has 28 heavy (non-hydrogen) atoms. The van der Waals surface area contributed by atoms with Gasteiger partial charge >= 0.3 is 0 Å². The van der Waals surface area contributed by atoms with E-state index >= 15 is 0 Å². The maximum atomic E-state index is 6.13. The quantitative estimate of drug-likeness (QED) is 0.378. The molecule has 1 aromatic carbocycles. The van der Waals surface area contributed by atoms with Gasteiger partial charge in [-0.3, -0.25) is 0 Å². The van der Waals surface area contributed by atoms with Crippen LogP contribution in [0, 0.1) is 12.3 Å². The number of aliphatic imine (C=N–C) groups is 1. The van der Waals surface area contributed by atoms with Gasteiger partial charge in [0, 0.05) is 25.2 Å². The highest BCUT2D eigenvalue weighted by Gasteiger charge is 2.19. The average Bonchev–Trinajstić information content (AvgIpc) is 2.95. The van der Waals surface area contributed by atoms with Crippen molar-refractivity contribution in [2.24, 2.45) is 17.5 Å². The molecule has 0 aliphatic rings. The van der Waals surface area contributed by atoms with Crippen molar-refractivity contribution in [3.63, 3.8) is 0 Å². The predicted octanol–water partition coefficient (Wildman–Crippen LogP) is 3.88. The Bertz CT molecular complexity index is 781. The van der Waals surface area contributed by atoms with Gasteiger partial charge < -0.3 is 15.2 Å². The van der Waals surface area contributed by atoms with Crippen molar-refractivity contribution in [1.29, 1.82) is 0 Å². The number of nitrogens with zero attached hydrogens (tertiary/aromatic N) is 4. The SMILES string of the molecule is CCCCNC(=NCc1nnc(C)n1C)NCC(C)(C)Cc1cccc(Cl)c1. The standard InChI is InChI=1S/C21H33ClN6/c1-6-7-11-23-20(24-14-19-27-26-16(2)28(19)5)25-15-21(3,4)13-17-9-8-10-18(22)12-17/h8-10,12H,6-7,11,13-15H2,1-5H3,(H2,23,24,25). The fourth-order valence-electron chi connectivity index (χ4n) is 2.88. The van der Waals surface area contributed by atoms with Crippen LogP contribution in [-0.2, 0) is 20.0 Å². The smallest absolute Gasteiger partial charge is 0.191 e. The predicted molar refractivity (Wildman–Crippen MR) is 117 cm³/mol. The fraction of sp³-hybridized carbons (Fsp3) is 0.571. The largest absolute Gasteiger partial charge is 0.356 e. The van der Waals surface area contributed by atoms with Gasteiger partial charge in [0.05, 0.1) is 0 Å². The maximum Gasteiger partial charge on any atom is 0.191 e. The van der Waals surface area contributed by atoms with Gasteiger partial charge in [-0.25, -0.2) is 4.99 Å². The molecule has 7 heteroatoms. The summed E-state index contributed by atoms with van der Waals surface area (Å²) in [4.78, 5) is 4.71. The number of hydrogen-bond acceptors (Lipinski definition) is 3. The molecule has 2 aromatic rings. The summed E-state index contributed by atoms with van der Waals surface area (Å²) in [7, 11) is 1.96. The number of hydrogen-bond donors (Lipinski definition) is 2. The van der Waals surface area contributed by atoms with Crippen LogP contribution in [0.25, 0.3) is 0 Å². The highest BCUT2D eigenvalue weighted by Crippen LogP contribution is 2.22. The summed E-state index contributed by atoms with van der Waals surface area (Å²) in [5, 5.41) is 16.0. The zero-order valence-electron chi connectivity index (χ0n) is 17.7. The third-order valence-corrected chi connectivity index (χ3v) is 4.93. The van der Waals surface area contributed by atoms with Crippen molar-refractivity contribution in [2.75, 3.05) is 13.1 Å². The lowest BCUT2D eigenvalue weighted by molar-refractivity contribution is 0.359. The number of unbranched alkanes of at least 4 members (excludes halogenated alkanes) is 1. The fourth-order valence-corrected chi connectivity index (χ4v) is 3.09. The molecule has 0 saturated carbocycles. The third kappa shape index (κ3) is 7.15. The summed E-state index contributed by atoms with van der Waals surface area (Å²) in [6.45, 7) is 10.8. The van der Waals surface area contributed by atoms with E-state index in [9.17, 15) is 0 Å². The molecule has 0 amide bonds. The number of aryl methyl sites for hydroxylation is 1. The minimum atomic E-state index is 0.0548. The molecular weight excluding hydrogens is 372 g/mol. The second-order valence-corrected chi connectivity index (χ2v) is 8.43. The molecule has 0 unspecified atom stereocenters. The Kier molecular flexibility index (Phi) is 8.30. The van der Waals surface area contributed by atoms with Crippen LogP contribution in [0.2, 0.25) is 5.02 Å². The first-order valence-corrected chi connectivity index (χ1v) is 10.3. The van der Waals surface area contributed by atoms with E-state index in [4.69, 9.17) is 16.6 Å². The Morgan fingerprint density at radius 3 is 2.68 bits per heavy atom. The highest BCUT2D eigenvalue weighted by atomic mass is 35.5. The van der Waals surface area contributed by atoms with Crippen LogP contribution in [0.15, 0.2) is 29.3 Å². The van der Waals surface area contributed by atoms with Gasteiger partial charge in [0.2, 0.25) is 0 Å². The summed E-state index contributed by atoms with van der Waals surface area (Å²) < 4.78 is 1.97. The third-order valence-electron chi connectivity index (χ3n) is 4.69. The minimum Gasteiger partial charge on any atom is -0.356 e. The van der Waals surface area contributed by atoms with Crippen LogP contribution in [0.4, 0.5) is 0 Å². The van der Waals surface area contributed by atoms with Crippen molar-refractivity contribution in [2.45, 2.75) is 53.5 Å². The van der Waals surface area contributed by atoms with E-state index in [1.807, 2.05) is 36.7 Å². The topological polar surface area (TPSA) is 67.1 Å². The number of guanidine groups is 1. The molecule has 2 N–H and O–H groups in total. The molecule has 0 radical (unpaired) electrons. The maximum absolute atomic E-state index is 6.13. The Hall–Kier alpha value is -2.08. The second kappa shape index (κ2) is 10.5. The summed E-state index contributed by atoms with van der Waals surface area (Å²) in [6.07, 6.45) is 3.18. The average molecular weight is 405 g/mol. The monoisotopic (exact) mass is 404 g/mol. The Balaban J connectivity index is 2.00. The van der Waals surface area contributed by atoms with Crippen molar-refractivity contribution in [1.82, 2.24) is 25.4 Å². The number of halogens is 1. The first kappa shape index (κ1) is 22.2. The molecule has 0 fully saturated rings. The molecule has 0 bridgehead atoms. The van der Waals surface area contributed by atoms with E-state index < -0.39 is 0 Å². The Morgan fingerprint density at radius 2 is 2.04 bits per heavy atom. The number of nitrogens with one attached hydrogen (secondary N) is 2. The molecule has 0 aliphatic heterocycles. The molecule has 2 rings (SSSR count). The normalized spacial score (nSPS) is 12.3. The van der Waals surface area contributed by atoms with E-state index in [1.54, 1.807) is 0 Å². The Labute approximate surface area is 173 Å². The molecular formula is C21H33ClN6. The van der Waals surface area contributed by atoms with Crippen molar-refractivity contribution < 1.29 is 0 Å². The van der Waals surface area contributed by atoms with E-state index in [2.05, 4.69) is 47.7 Å². The van der Waals surface area contributed by atoms with Gasteiger partial charge in [-0.05, 0) is 42.9 Å². The van der Waals surface area contributed by atoms with Gasteiger partial charge in [0.25, 0.3) is 0 Å². The van der Waals surface area contributed by atoms with Gasteiger partial charge in [-0.15, -0.1) is 10.2 Å². The van der Waals surface area contributed by atoms with E-state index in [-0.39, 0.29) is 5.41 Å². The first-order valence-electron chi connectivity index (χ1n) is 9.92. The minimum absolute atomic E-state index is 0.0548. The number of benzene rings is 1. The molecule has 0 aliphatic carbocycles. The molecule has 154 valence electrons. The molecule has 0 spiro atoms. The lowest BCUT2D eigenvalue weighted by Gasteiger charge is -2.26. The summed E-state index contributed by atoms with van der Waals surface area (Å²) in [5.41, 5.74) is 1.30. The Morgan fingerprint density at radius 1 is 1.25 bits per heavy atom. The highest BCUT2D eigenvalue weighted by molar-refractivity contribution is 6.30. The van der Waals surface area contributed by atoms with Crippen molar-refractivity contribution in [3.8, 4) is 0 Å². The van der Waals surface area contributed by atoms with E-state index in [0.717, 1.165) is 55.0 Å². The van der Waals surface area contributed by atoms with Crippen LogP contribution in [-0.4, -0.2) is 33.8 Å². The van der Waals surface area contributed by atoms with Gasteiger partial charge in [-0.1, -0.05) is 50.9 Å². The summed E-state index contributed by atoms with van der Waals surface area (Å²) >= 11 is 6.13. The lowest BCUT2D eigenvalue weighted by Crippen LogP contribution is -2.43. The number of aromatic nitrogens is 3. The van der Waals surface area contributed by atoms with Crippen LogP contribution < -0.4 is 10.6 Å². The van der Waals surface area contributed by atoms with Crippen LogP contribution >= 0.6 is 11.6 Å². The van der Waals surface area contributed by atoms with E-state index in [0.29, 0.717) is 6.54 Å². The lowest BCUT2D eigenvalue weighted by atomic mass is 9.86. The summed E-state index contributed by atoms with van der Waals surface area (Å²) in [6, 6.07) is 8.07. The number of rotatable bonds is 9. The van der Waals surface area contributed by atoms with Crippen LogP contribution in [0.5, 0.6) is 0 Å². The molecule has 1 aromatic heterocycles. The van der Waals surface area contributed by atoms with E-state index in [1.165, 1.54) is 5.56 Å². The van der Waals surface area contributed by atoms with Gasteiger partial charge in [0.15, 0.2) is 11.8 Å². The molecule has 1 heterocycles. The van der Waals surface area contributed by atoms with Crippen molar-refractivity contribution in [3.05, 3.63) is 46.5 Å². The molecule has 0 atom stereocenters. The molecule has 0 saturated heterocycles. The second-order valence-electron chi connectivity index (χ2n) is 7.99. The molecule has 6 nitrogen and oxygen atoms in total. The van der Waals surface area contributed by atoms with Crippen LogP contribution in [0.3, 0.4) is 0 Å². The van der Waals surface area contributed by atoms with Crippen molar-refractivity contribution >= 4 is 17.6 Å². The zero-order valence-corrected chi connectivity index (χ0v) is 18.5. The van der Waals surface area contributed by atoms with Gasteiger partial charge in [0.1, 0.15) is 12.4 Å². The van der Waals surface area contributed by atoms with Crippen LogP contribution in [0.1, 0.15) is 50.8 Å².